The van der Waals surface area contributed by atoms with E-state index in [1.54, 1.807) is 19.1 Å². The predicted octanol–water partition coefficient (Wildman–Crippen LogP) is 2.21. The van der Waals surface area contributed by atoms with E-state index in [1.807, 2.05) is 0 Å². The number of hydrogen-bond donors (Lipinski definition) is 1. The molecular formula is C23H35N3O5S2. The number of carbonyl (C=O) groups is 1. The Labute approximate surface area is 197 Å². The van der Waals surface area contributed by atoms with Gasteiger partial charge >= 0.3 is 0 Å². The Morgan fingerprint density at radius 2 is 1.64 bits per heavy atom. The molecular weight excluding hydrogens is 462 g/mol. The number of hydrogen-bond acceptors (Lipinski definition) is 5. The van der Waals surface area contributed by atoms with Gasteiger partial charge in [-0.05, 0) is 60.6 Å². The van der Waals surface area contributed by atoms with Crippen LogP contribution in [0.3, 0.4) is 0 Å². The Morgan fingerprint density at radius 1 is 1.03 bits per heavy atom. The van der Waals surface area contributed by atoms with E-state index in [4.69, 9.17) is 0 Å². The van der Waals surface area contributed by atoms with Gasteiger partial charge in [-0.25, -0.2) is 16.8 Å². The molecule has 2 aliphatic carbocycles. The molecule has 0 radical (unpaired) electrons. The maximum atomic E-state index is 13.4. The number of sulfonamides is 2. The minimum Gasteiger partial charge on any atom is -0.348 e. The lowest BCUT2D eigenvalue weighted by atomic mass is 9.68. The van der Waals surface area contributed by atoms with Gasteiger partial charge in [-0.3, -0.25) is 4.79 Å². The first-order valence-corrected chi connectivity index (χ1v) is 14.8. The van der Waals surface area contributed by atoms with Gasteiger partial charge in [0.2, 0.25) is 20.0 Å². The van der Waals surface area contributed by atoms with E-state index in [-0.39, 0.29) is 53.9 Å². The van der Waals surface area contributed by atoms with Gasteiger partial charge in [-0.2, -0.15) is 8.61 Å². The first kappa shape index (κ1) is 24.6. The van der Waals surface area contributed by atoms with Crippen LogP contribution in [0.15, 0.2) is 23.1 Å². The standard InChI is InChI=1S/C23H35N3O5S2/c1-16-6-7-17(20(27)24-21-22(2,3)18-8-9-23(21,4)15-18)14-19(16)33(30,31)26-12-10-25(11-13-26)32(5,28)29/h6-7,14,18,21H,8-13,15H2,1-5H3,(H,24,27)/t18-,21?,23-/m0/s1. The lowest BCUT2D eigenvalue weighted by Crippen LogP contribution is -2.52. The molecule has 1 saturated heterocycles. The average molecular weight is 498 g/mol. The van der Waals surface area contributed by atoms with Crippen LogP contribution in [0.2, 0.25) is 0 Å². The van der Waals surface area contributed by atoms with Crippen molar-refractivity contribution in [3.63, 3.8) is 0 Å². The molecule has 3 fully saturated rings. The van der Waals surface area contributed by atoms with Gasteiger partial charge in [-0.15, -0.1) is 0 Å². The molecule has 33 heavy (non-hydrogen) atoms. The van der Waals surface area contributed by atoms with E-state index in [2.05, 4.69) is 26.1 Å². The summed E-state index contributed by atoms with van der Waals surface area (Å²) in [5, 5.41) is 3.24. The number of nitrogens with one attached hydrogen (secondary N) is 1. The summed E-state index contributed by atoms with van der Waals surface area (Å²) in [7, 11) is -7.21. The summed E-state index contributed by atoms with van der Waals surface area (Å²) in [6.45, 7) is 8.79. The molecule has 184 valence electrons. The number of fused-ring (bicyclic) bond motifs is 2. The fourth-order valence-electron chi connectivity index (χ4n) is 6.28. The highest BCUT2D eigenvalue weighted by molar-refractivity contribution is 7.89. The van der Waals surface area contributed by atoms with Gasteiger partial charge in [-0.1, -0.05) is 26.8 Å². The van der Waals surface area contributed by atoms with E-state index >= 15 is 0 Å². The van der Waals surface area contributed by atoms with Crippen LogP contribution < -0.4 is 5.32 Å². The number of rotatable bonds is 5. The highest BCUT2D eigenvalue weighted by atomic mass is 32.2. The van der Waals surface area contributed by atoms with E-state index in [0.717, 1.165) is 19.1 Å². The zero-order chi connectivity index (χ0) is 24.4. The minimum absolute atomic E-state index is 0.00154. The number of benzene rings is 1. The Hall–Kier alpha value is -1.49. The van der Waals surface area contributed by atoms with Crippen molar-refractivity contribution in [3.8, 4) is 0 Å². The Kier molecular flexibility index (Phi) is 6.00. The van der Waals surface area contributed by atoms with Crippen LogP contribution in [0.5, 0.6) is 0 Å². The largest absolute Gasteiger partial charge is 0.348 e. The molecule has 10 heteroatoms. The van der Waals surface area contributed by atoms with Crippen molar-refractivity contribution in [2.75, 3.05) is 32.4 Å². The number of piperazine rings is 1. The average Bonchev–Trinajstić information content (AvgIpc) is 3.21. The highest BCUT2D eigenvalue weighted by Gasteiger charge is 2.59. The summed E-state index contributed by atoms with van der Waals surface area (Å²) in [5.74, 6) is 0.340. The molecule has 8 nitrogen and oxygen atoms in total. The molecule has 1 unspecified atom stereocenters. The van der Waals surface area contributed by atoms with Gasteiger partial charge in [0.15, 0.2) is 0 Å². The van der Waals surface area contributed by atoms with Gasteiger partial charge in [0.25, 0.3) is 5.91 Å². The van der Waals surface area contributed by atoms with Crippen LogP contribution >= 0.6 is 0 Å². The van der Waals surface area contributed by atoms with Crippen molar-refractivity contribution in [1.29, 1.82) is 0 Å². The molecule has 1 aromatic rings. The second kappa shape index (κ2) is 8.03. The van der Waals surface area contributed by atoms with Crippen LogP contribution in [-0.2, 0) is 20.0 Å². The Bertz CT molecular complexity index is 1170. The van der Waals surface area contributed by atoms with Gasteiger partial charge < -0.3 is 5.32 Å². The third-order valence-corrected chi connectivity index (χ3v) is 11.6. The number of amides is 1. The van der Waals surface area contributed by atoms with Crippen molar-refractivity contribution in [3.05, 3.63) is 29.3 Å². The van der Waals surface area contributed by atoms with E-state index < -0.39 is 20.0 Å². The van der Waals surface area contributed by atoms with Crippen molar-refractivity contribution in [2.24, 2.45) is 16.7 Å². The summed E-state index contributed by atoms with van der Waals surface area (Å²) >= 11 is 0. The van der Waals surface area contributed by atoms with Crippen LogP contribution in [0, 0.1) is 23.7 Å². The smallest absolute Gasteiger partial charge is 0.251 e. The number of nitrogens with zero attached hydrogens (tertiary/aromatic N) is 2. The molecule has 1 heterocycles. The molecule has 1 aromatic carbocycles. The summed E-state index contributed by atoms with van der Waals surface area (Å²) < 4.78 is 52.8. The first-order valence-electron chi connectivity index (χ1n) is 11.5. The van der Waals surface area contributed by atoms with Crippen molar-refractivity contribution >= 4 is 26.0 Å². The maximum Gasteiger partial charge on any atom is 0.251 e. The van der Waals surface area contributed by atoms with Gasteiger partial charge in [0, 0.05) is 37.8 Å². The monoisotopic (exact) mass is 497 g/mol. The van der Waals surface area contributed by atoms with E-state index in [9.17, 15) is 21.6 Å². The Balaban J connectivity index is 1.55. The molecule has 2 bridgehead atoms. The molecule has 0 spiro atoms. The van der Waals surface area contributed by atoms with E-state index in [1.165, 1.54) is 21.1 Å². The lowest BCUT2D eigenvalue weighted by molar-refractivity contribution is 0.0737. The summed E-state index contributed by atoms with van der Waals surface area (Å²) in [5.41, 5.74) is 0.963. The van der Waals surface area contributed by atoms with Gasteiger partial charge in [0.1, 0.15) is 0 Å². The second-order valence-electron chi connectivity index (χ2n) is 10.9. The SMILES string of the molecule is Cc1ccc(C(=O)NC2C(C)(C)[C@H]3CC[C@@]2(C)C3)cc1S(=O)(=O)N1CCN(S(C)(=O)=O)CC1. The molecule has 1 N–H and O–H groups in total. The van der Waals surface area contributed by atoms with Crippen molar-refractivity contribution < 1.29 is 21.6 Å². The highest BCUT2D eigenvalue weighted by Crippen LogP contribution is 2.62. The third kappa shape index (κ3) is 4.24. The van der Waals surface area contributed by atoms with Gasteiger partial charge in [0.05, 0.1) is 11.2 Å². The minimum atomic E-state index is -3.86. The maximum absolute atomic E-state index is 13.4. The predicted molar refractivity (Wildman–Crippen MR) is 127 cm³/mol. The zero-order valence-electron chi connectivity index (χ0n) is 20.1. The van der Waals surface area contributed by atoms with Crippen LogP contribution in [0.4, 0.5) is 0 Å². The molecule has 4 rings (SSSR count). The second-order valence-corrected chi connectivity index (χ2v) is 14.8. The summed E-state index contributed by atoms with van der Waals surface area (Å²) in [4.78, 5) is 13.3. The molecule has 3 aliphatic rings. The number of carbonyl (C=O) groups excluding carboxylic acids is 1. The molecule has 1 aliphatic heterocycles. The molecule has 2 saturated carbocycles. The Morgan fingerprint density at radius 3 is 2.18 bits per heavy atom. The van der Waals surface area contributed by atoms with Crippen molar-refractivity contribution in [2.45, 2.75) is 57.9 Å². The quantitative estimate of drug-likeness (QED) is 0.672. The lowest BCUT2D eigenvalue weighted by Gasteiger charge is -2.43. The summed E-state index contributed by atoms with van der Waals surface area (Å²) in [6.07, 6.45) is 4.52. The summed E-state index contributed by atoms with van der Waals surface area (Å²) in [6, 6.07) is 4.85. The zero-order valence-corrected chi connectivity index (χ0v) is 21.7. The first-order chi connectivity index (χ1) is 15.2. The third-order valence-electron chi connectivity index (χ3n) is 8.28. The molecule has 3 atom stereocenters. The van der Waals surface area contributed by atoms with Crippen LogP contribution in [-0.4, -0.2) is 69.8 Å². The number of aryl methyl sites for hydroxylation is 1. The molecule has 1 amide bonds. The normalized spacial score (nSPS) is 30.5. The fourth-order valence-corrected chi connectivity index (χ4v) is 8.78. The topological polar surface area (TPSA) is 104 Å². The fraction of sp³-hybridized carbons (Fsp3) is 0.696. The van der Waals surface area contributed by atoms with Crippen molar-refractivity contribution in [1.82, 2.24) is 13.9 Å². The van der Waals surface area contributed by atoms with Crippen LogP contribution in [0.1, 0.15) is 56.0 Å². The van der Waals surface area contributed by atoms with Crippen LogP contribution in [0.25, 0.3) is 0 Å². The van der Waals surface area contributed by atoms with E-state index in [0.29, 0.717) is 17.0 Å². The molecule has 0 aromatic heterocycles.